The summed E-state index contributed by atoms with van der Waals surface area (Å²) in [5, 5.41) is 2.60. The van der Waals surface area contributed by atoms with Crippen LogP contribution in [0.1, 0.15) is 41.0 Å². The summed E-state index contributed by atoms with van der Waals surface area (Å²) in [6.07, 6.45) is 0.704. The number of amides is 2. The smallest absolute Gasteiger partial charge is 0.337 e. The lowest BCUT2D eigenvalue weighted by atomic mass is 9.98. The van der Waals surface area contributed by atoms with E-state index in [0.717, 1.165) is 0 Å². The second-order valence-corrected chi connectivity index (χ2v) is 4.81. The Hall–Kier alpha value is -2.37. The van der Waals surface area contributed by atoms with E-state index in [4.69, 9.17) is 5.73 Å². The summed E-state index contributed by atoms with van der Waals surface area (Å²) in [4.78, 5) is 35.0. The average Bonchev–Trinajstić information content (AvgIpc) is 2.50. The molecule has 3 N–H and O–H groups in total. The van der Waals surface area contributed by atoms with Gasteiger partial charge in [-0.1, -0.05) is 26.3 Å². The van der Waals surface area contributed by atoms with Gasteiger partial charge in [-0.05, 0) is 24.1 Å². The number of methoxy groups -OCH3 is 1. The minimum absolute atomic E-state index is 0.0739. The van der Waals surface area contributed by atoms with E-state index in [2.05, 4.69) is 10.1 Å². The summed E-state index contributed by atoms with van der Waals surface area (Å²) < 4.78 is 4.60. The van der Waals surface area contributed by atoms with Gasteiger partial charge in [0, 0.05) is 5.56 Å². The lowest BCUT2D eigenvalue weighted by Gasteiger charge is -2.21. The van der Waals surface area contributed by atoms with E-state index in [1.165, 1.54) is 13.2 Å². The predicted molar refractivity (Wildman–Crippen MR) is 77.7 cm³/mol. The minimum atomic E-state index is -0.746. The molecular formula is C15H20N2O4. The van der Waals surface area contributed by atoms with Crippen molar-refractivity contribution in [2.45, 2.75) is 26.3 Å². The lowest BCUT2D eigenvalue weighted by molar-refractivity contribution is -0.120. The van der Waals surface area contributed by atoms with Gasteiger partial charge >= 0.3 is 5.97 Å². The highest BCUT2D eigenvalue weighted by molar-refractivity contribution is 5.99. The molecule has 0 radical (unpaired) electrons. The zero-order valence-electron chi connectivity index (χ0n) is 12.4. The zero-order chi connectivity index (χ0) is 16.0. The maximum atomic E-state index is 12.2. The average molecular weight is 292 g/mol. The molecule has 2 atom stereocenters. The number of esters is 1. The lowest BCUT2D eigenvalue weighted by Crippen LogP contribution is -2.48. The van der Waals surface area contributed by atoms with Crippen LogP contribution in [0.5, 0.6) is 0 Å². The summed E-state index contributed by atoms with van der Waals surface area (Å²) in [5.74, 6) is -1.64. The molecule has 1 aromatic rings. The van der Waals surface area contributed by atoms with E-state index in [1.807, 2.05) is 13.8 Å². The van der Waals surface area contributed by atoms with Gasteiger partial charge < -0.3 is 15.8 Å². The number of ether oxygens (including phenoxy) is 1. The van der Waals surface area contributed by atoms with Crippen LogP contribution in [0.2, 0.25) is 0 Å². The Kier molecular flexibility index (Phi) is 5.90. The molecule has 0 aromatic heterocycles. The Morgan fingerprint density at radius 2 is 1.90 bits per heavy atom. The molecule has 2 amide bonds. The van der Waals surface area contributed by atoms with Gasteiger partial charge in [0.2, 0.25) is 5.91 Å². The molecule has 6 nitrogen and oxygen atoms in total. The van der Waals surface area contributed by atoms with Crippen LogP contribution in [0.4, 0.5) is 0 Å². The predicted octanol–water partition coefficient (Wildman–Crippen LogP) is 1.10. The molecule has 21 heavy (non-hydrogen) atoms. The third-order valence-electron chi connectivity index (χ3n) is 3.35. The first-order valence-corrected chi connectivity index (χ1v) is 6.69. The van der Waals surface area contributed by atoms with Crippen molar-refractivity contribution in [3.63, 3.8) is 0 Å². The molecule has 114 valence electrons. The fourth-order valence-electron chi connectivity index (χ4n) is 1.86. The largest absolute Gasteiger partial charge is 0.465 e. The van der Waals surface area contributed by atoms with Crippen LogP contribution >= 0.6 is 0 Å². The Balaban J connectivity index is 2.93. The summed E-state index contributed by atoms with van der Waals surface area (Å²) in [6, 6.07) is 5.34. The van der Waals surface area contributed by atoms with Crippen molar-refractivity contribution >= 4 is 17.8 Å². The van der Waals surface area contributed by atoms with Crippen LogP contribution in [0, 0.1) is 5.92 Å². The molecule has 0 bridgehead atoms. The van der Waals surface area contributed by atoms with Crippen molar-refractivity contribution in [1.29, 1.82) is 0 Å². The van der Waals surface area contributed by atoms with Crippen LogP contribution in [-0.2, 0) is 9.53 Å². The summed E-state index contributed by atoms with van der Waals surface area (Å²) >= 11 is 0. The summed E-state index contributed by atoms with van der Waals surface area (Å²) in [6.45, 7) is 3.74. The molecule has 0 unspecified atom stereocenters. The first kappa shape index (κ1) is 16.7. The second kappa shape index (κ2) is 7.42. The van der Waals surface area contributed by atoms with Crippen LogP contribution in [-0.4, -0.2) is 30.9 Å². The van der Waals surface area contributed by atoms with Crippen LogP contribution in [0.25, 0.3) is 0 Å². The molecule has 0 aliphatic carbocycles. The fourth-order valence-corrected chi connectivity index (χ4v) is 1.86. The van der Waals surface area contributed by atoms with E-state index in [-0.39, 0.29) is 17.0 Å². The van der Waals surface area contributed by atoms with Crippen LogP contribution < -0.4 is 11.1 Å². The Morgan fingerprint density at radius 1 is 1.29 bits per heavy atom. The van der Waals surface area contributed by atoms with Crippen molar-refractivity contribution < 1.29 is 19.1 Å². The molecular weight excluding hydrogens is 272 g/mol. The quantitative estimate of drug-likeness (QED) is 0.767. The van der Waals surface area contributed by atoms with Gasteiger partial charge in [-0.15, -0.1) is 0 Å². The van der Waals surface area contributed by atoms with Gasteiger partial charge in [0.05, 0.1) is 12.7 Å². The number of carbonyl (C=O) groups excluding carboxylic acids is 3. The van der Waals surface area contributed by atoms with Gasteiger partial charge in [-0.25, -0.2) is 4.79 Å². The molecule has 0 aliphatic rings. The number of rotatable bonds is 6. The zero-order valence-corrected chi connectivity index (χ0v) is 12.4. The normalized spacial score (nSPS) is 13.1. The summed E-state index contributed by atoms with van der Waals surface area (Å²) in [5.41, 5.74) is 5.85. The van der Waals surface area contributed by atoms with E-state index >= 15 is 0 Å². The molecule has 0 aliphatic heterocycles. The van der Waals surface area contributed by atoms with E-state index in [9.17, 15) is 14.4 Å². The van der Waals surface area contributed by atoms with E-state index in [0.29, 0.717) is 6.42 Å². The fraction of sp³-hybridized carbons (Fsp3) is 0.400. The van der Waals surface area contributed by atoms with E-state index in [1.54, 1.807) is 18.2 Å². The van der Waals surface area contributed by atoms with Gasteiger partial charge in [-0.3, -0.25) is 9.59 Å². The van der Waals surface area contributed by atoms with Crippen molar-refractivity contribution in [2.24, 2.45) is 11.7 Å². The van der Waals surface area contributed by atoms with Gasteiger partial charge in [0.1, 0.15) is 6.04 Å². The Morgan fingerprint density at radius 3 is 2.43 bits per heavy atom. The third kappa shape index (κ3) is 4.30. The SMILES string of the molecule is CC[C@H](C)[C@H](NC(=O)c1cccc(C(=O)OC)c1)C(N)=O. The van der Waals surface area contributed by atoms with E-state index < -0.39 is 23.8 Å². The molecule has 0 fully saturated rings. The molecule has 1 aromatic carbocycles. The highest BCUT2D eigenvalue weighted by atomic mass is 16.5. The number of hydrogen-bond acceptors (Lipinski definition) is 4. The third-order valence-corrected chi connectivity index (χ3v) is 3.35. The molecule has 0 spiro atoms. The molecule has 0 saturated carbocycles. The highest BCUT2D eigenvalue weighted by Gasteiger charge is 2.24. The van der Waals surface area contributed by atoms with Crippen molar-refractivity contribution in [3.8, 4) is 0 Å². The number of nitrogens with two attached hydrogens (primary N) is 1. The highest BCUT2D eigenvalue weighted by Crippen LogP contribution is 2.10. The topological polar surface area (TPSA) is 98.5 Å². The van der Waals surface area contributed by atoms with Gasteiger partial charge in [-0.2, -0.15) is 0 Å². The van der Waals surface area contributed by atoms with Crippen molar-refractivity contribution in [1.82, 2.24) is 5.32 Å². The Bertz CT molecular complexity index is 542. The Labute approximate surface area is 123 Å². The summed E-state index contributed by atoms with van der Waals surface area (Å²) in [7, 11) is 1.27. The number of hydrogen-bond donors (Lipinski definition) is 2. The number of benzene rings is 1. The maximum absolute atomic E-state index is 12.2. The van der Waals surface area contributed by atoms with Crippen LogP contribution in [0.3, 0.4) is 0 Å². The number of nitrogens with one attached hydrogen (secondary N) is 1. The number of carbonyl (C=O) groups is 3. The molecule has 0 saturated heterocycles. The van der Waals surface area contributed by atoms with Gasteiger partial charge in [0.25, 0.3) is 5.91 Å². The number of primary amides is 1. The molecule has 0 heterocycles. The second-order valence-electron chi connectivity index (χ2n) is 4.81. The minimum Gasteiger partial charge on any atom is -0.465 e. The van der Waals surface area contributed by atoms with Gasteiger partial charge in [0.15, 0.2) is 0 Å². The molecule has 6 heteroatoms. The monoisotopic (exact) mass is 292 g/mol. The first-order chi connectivity index (χ1) is 9.90. The van der Waals surface area contributed by atoms with Crippen molar-refractivity contribution in [2.75, 3.05) is 7.11 Å². The maximum Gasteiger partial charge on any atom is 0.337 e. The standard InChI is InChI=1S/C15H20N2O4/c1-4-9(2)12(13(16)18)17-14(19)10-6-5-7-11(8-10)15(20)21-3/h5-9,12H,4H2,1-3H3,(H2,16,18)(H,17,19)/t9-,12-/m0/s1. The van der Waals surface area contributed by atoms with Crippen molar-refractivity contribution in [3.05, 3.63) is 35.4 Å². The van der Waals surface area contributed by atoms with Crippen LogP contribution in [0.15, 0.2) is 24.3 Å². The first-order valence-electron chi connectivity index (χ1n) is 6.69. The molecule has 1 rings (SSSR count).